The number of rotatable bonds is 7. The van der Waals surface area contributed by atoms with E-state index in [1.807, 2.05) is 51.6 Å². The van der Waals surface area contributed by atoms with Crippen molar-refractivity contribution in [1.82, 2.24) is 24.8 Å². The fraction of sp³-hybridized carbons (Fsp3) is 0.500. The smallest absolute Gasteiger partial charge is 0.407 e. The van der Waals surface area contributed by atoms with Gasteiger partial charge in [0.1, 0.15) is 23.1 Å². The van der Waals surface area contributed by atoms with E-state index in [-0.39, 0.29) is 52.6 Å². The minimum absolute atomic E-state index is 0.0945. The molecule has 2 atom stereocenters. The van der Waals surface area contributed by atoms with E-state index in [0.717, 1.165) is 0 Å². The van der Waals surface area contributed by atoms with E-state index in [2.05, 4.69) is 15.3 Å². The summed E-state index contributed by atoms with van der Waals surface area (Å²) in [4.78, 5) is 31.4. The lowest BCUT2D eigenvalue weighted by Gasteiger charge is -2.51. The van der Waals surface area contributed by atoms with Crippen molar-refractivity contribution in [2.24, 2.45) is 5.41 Å². The Morgan fingerprint density at radius 2 is 1.90 bits per heavy atom. The first-order chi connectivity index (χ1) is 18.8. The van der Waals surface area contributed by atoms with Crippen molar-refractivity contribution in [3.05, 3.63) is 35.9 Å². The number of benzene rings is 1. The molecule has 0 saturated carbocycles. The molecule has 10 nitrogen and oxygen atoms in total. The molecule has 12 heteroatoms. The molecule has 0 spiro atoms. The third-order valence-electron chi connectivity index (χ3n) is 7.17. The van der Waals surface area contributed by atoms with Gasteiger partial charge in [-0.25, -0.2) is 18.6 Å². The van der Waals surface area contributed by atoms with Gasteiger partial charge in [-0.2, -0.15) is 9.97 Å². The Labute approximate surface area is 233 Å². The molecule has 4 rings (SSSR count). The van der Waals surface area contributed by atoms with Crippen molar-refractivity contribution in [1.29, 1.82) is 0 Å². The topological polar surface area (TPSA) is 107 Å². The Balaban J connectivity index is 1.90. The van der Waals surface area contributed by atoms with Crippen molar-refractivity contribution < 1.29 is 23.4 Å². The molecule has 1 saturated heterocycles. The number of nitrogens with one attached hydrogen (secondary N) is 1. The number of fused-ring (bicyclic) bond motifs is 1. The standard InChI is InChI=1S/C28H37F2N7O3/c1-16-23(28(2,3)4)37(27(38)39)14-13-36(16)25-17-15-19(30)22(21-18(29)9-8-10-20(21)40-7)32-24(17)33-26(34-25)31-11-12-35(5)6/h8-10,15-16,23H,11-14H2,1-7H3,(H,38,39)(H,31,32,33,34)/t16-,23?/m1/s1. The van der Waals surface area contributed by atoms with Crippen LogP contribution in [0.3, 0.4) is 0 Å². The second kappa shape index (κ2) is 11.4. The summed E-state index contributed by atoms with van der Waals surface area (Å²) in [5.41, 5.74) is -0.519. The minimum Gasteiger partial charge on any atom is -0.496 e. The number of ether oxygens (including phenoxy) is 1. The van der Waals surface area contributed by atoms with Crippen LogP contribution in [-0.2, 0) is 0 Å². The van der Waals surface area contributed by atoms with Crippen molar-refractivity contribution >= 4 is 28.9 Å². The summed E-state index contributed by atoms with van der Waals surface area (Å²) in [7, 11) is 5.28. The fourth-order valence-corrected chi connectivity index (χ4v) is 5.48. The number of amides is 1. The van der Waals surface area contributed by atoms with Gasteiger partial charge in [0.2, 0.25) is 5.95 Å². The molecule has 1 aliphatic rings. The Hall–Kier alpha value is -3.80. The molecular weight excluding hydrogens is 520 g/mol. The number of methoxy groups -OCH3 is 1. The third kappa shape index (κ3) is 5.72. The highest BCUT2D eigenvalue weighted by Crippen LogP contribution is 2.39. The molecule has 3 aromatic rings. The molecule has 0 bridgehead atoms. The first-order valence-corrected chi connectivity index (χ1v) is 13.2. The molecule has 1 aromatic carbocycles. The lowest BCUT2D eigenvalue weighted by molar-refractivity contribution is 0.0562. The van der Waals surface area contributed by atoms with E-state index in [9.17, 15) is 14.3 Å². The van der Waals surface area contributed by atoms with Crippen LogP contribution in [0.4, 0.5) is 25.3 Å². The number of halogens is 2. The maximum Gasteiger partial charge on any atom is 0.407 e. The summed E-state index contributed by atoms with van der Waals surface area (Å²) >= 11 is 0. The van der Waals surface area contributed by atoms with Crippen LogP contribution < -0.4 is 15.0 Å². The number of pyridine rings is 1. The van der Waals surface area contributed by atoms with E-state index in [0.29, 0.717) is 30.8 Å². The van der Waals surface area contributed by atoms with Crippen LogP contribution in [0.25, 0.3) is 22.3 Å². The highest BCUT2D eigenvalue weighted by atomic mass is 19.1. The fourth-order valence-electron chi connectivity index (χ4n) is 5.48. The molecule has 1 unspecified atom stereocenters. The van der Waals surface area contributed by atoms with E-state index in [1.165, 1.54) is 30.2 Å². The summed E-state index contributed by atoms with van der Waals surface area (Å²) < 4.78 is 35.9. The van der Waals surface area contributed by atoms with E-state index in [1.54, 1.807) is 6.07 Å². The molecule has 216 valence electrons. The normalized spacial score (nSPS) is 17.9. The van der Waals surface area contributed by atoms with Gasteiger partial charge in [0.25, 0.3) is 0 Å². The van der Waals surface area contributed by atoms with Gasteiger partial charge in [0.05, 0.1) is 24.1 Å². The van der Waals surface area contributed by atoms with E-state index < -0.39 is 17.7 Å². The van der Waals surface area contributed by atoms with Crippen molar-refractivity contribution in [2.75, 3.05) is 57.6 Å². The number of carboxylic acid groups (broad SMARTS) is 1. The molecule has 0 aliphatic carbocycles. The number of aromatic nitrogens is 3. The largest absolute Gasteiger partial charge is 0.496 e. The predicted octanol–water partition coefficient (Wildman–Crippen LogP) is 4.56. The minimum atomic E-state index is -0.985. The summed E-state index contributed by atoms with van der Waals surface area (Å²) in [6, 6.07) is 4.84. The number of nitrogens with zero attached hydrogens (tertiary/aromatic N) is 6. The van der Waals surface area contributed by atoms with Crippen molar-refractivity contribution in [3.8, 4) is 17.0 Å². The quantitative estimate of drug-likeness (QED) is 0.433. The molecule has 3 heterocycles. The van der Waals surface area contributed by atoms with Gasteiger partial charge in [-0.15, -0.1) is 0 Å². The third-order valence-corrected chi connectivity index (χ3v) is 7.17. The molecule has 1 aliphatic heterocycles. The zero-order valence-corrected chi connectivity index (χ0v) is 24.0. The number of hydrogen-bond acceptors (Lipinski definition) is 8. The Bertz CT molecular complexity index is 1400. The molecule has 2 aromatic heterocycles. The van der Waals surface area contributed by atoms with Crippen molar-refractivity contribution in [2.45, 2.75) is 39.8 Å². The molecule has 2 N–H and O–H groups in total. The molecule has 40 heavy (non-hydrogen) atoms. The van der Waals surface area contributed by atoms with Crippen LogP contribution in [0.2, 0.25) is 0 Å². The van der Waals surface area contributed by atoms with Crippen LogP contribution in [-0.4, -0.2) is 95.4 Å². The molecule has 1 amide bonds. The second-order valence-corrected chi connectivity index (χ2v) is 11.3. The summed E-state index contributed by atoms with van der Waals surface area (Å²) in [5, 5.41) is 13.5. The first kappa shape index (κ1) is 29.2. The monoisotopic (exact) mass is 557 g/mol. The van der Waals surface area contributed by atoms with Crippen LogP contribution in [0.15, 0.2) is 24.3 Å². The van der Waals surface area contributed by atoms with E-state index in [4.69, 9.17) is 9.72 Å². The number of anilines is 2. The first-order valence-electron chi connectivity index (χ1n) is 13.2. The summed E-state index contributed by atoms with van der Waals surface area (Å²) in [6.07, 6.45) is -0.985. The Kier molecular flexibility index (Phi) is 8.29. The second-order valence-electron chi connectivity index (χ2n) is 11.3. The SMILES string of the molecule is COc1cccc(F)c1-c1nc2nc(NCCN(C)C)nc(N3CCN(C(=O)O)C(C(C)(C)C)[C@H]3C)c2cc1F. The highest BCUT2D eigenvalue weighted by molar-refractivity contribution is 5.90. The van der Waals surface area contributed by atoms with Crippen LogP contribution in [0.5, 0.6) is 5.75 Å². The average Bonchev–Trinajstić information content (AvgIpc) is 2.87. The molecule has 0 radical (unpaired) electrons. The van der Waals surface area contributed by atoms with E-state index >= 15 is 4.39 Å². The van der Waals surface area contributed by atoms with Gasteiger partial charge in [-0.05, 0) is 44.6 Å². The highest BCUT2D eigenvalue weighted by Gasteiger charge is 2.44. The van der Waals surface area contributed by atoms with Crippen LogP contribution in [0.1, 0.15) is 27.7 Å². The van der Waals surface area contributed by atoms with Gasteiger partial charge in [0.15, 0.2) is 11.5 Å². The number of piperazine rings is 1. The summed E-state index contributed by atoms with van der Waals surface area (Å²) in [6.45, 7) is 9.77. The Morgan fingerprint density at radius 3 is 2.52 bits per heavy atom. The van der Waals surface area contributed by atoms with Gasteiger partial charge >= 0.3 is 6.09 Å². The van der Waals surface area contributed by atoms with Gasteiger partial charge < -0.3 is 29.9 Å². The van der Waals surface area contributed by atoms with Crippen molar-refractivity contribution in [3.63, 3.8) is 0 Å². The lowest BCUT2D eigenvalue weighted by Crippen LogP contribution is -2.64. The summed E-state index contributed by atoms with van der Waals surface area (Å²) in [5.74, 6) is -0.554. The number of hydrogen-bond donors (Lipinski definition) is 2. The Morgan fingerprint density at radius 1 is 1.18 bits per heavy atom. The zero-order chi connectivity index (χ0) is 29.4. The van der Waals surface area contributed by atoms with Crippen LogP contribution >= 0.6 is 0 Å². The molecule has 1 fully saturated rings. The zero-order valence-electron chi connectivity index (χ0n) is 24.0. The van der Waals surface area contributed by atoms with Crippen LogP contribution in [0, 0.1) is 17.0 Å². The lowest BCUT2D eigenvalue weighted by atomic mass is 9.80. The van der Waals surface area contributed by atoms with Gasteiger partial charge in [0, 0.05) is 32.2 Å². The maximum absolute atomic E-state index is 15.7. The molecular formula is C28H37F2N7O3. The maximum atomic E-state index is 15.7. The average molecular weight is 558 g/mol. The predicted molar refractivity (Wildman–Crippen MR) is 151 cm³/mol. The number of carbonyl (C=O) groups is 1. The number of likely N-dealkylation sites (N-methyl/N-ethyl adjacent to an activating group) is 1. The van der Waals surface area contributed by atoms with Gasteiger partial charge in [-0.1, -0.05) is 26.8 Å². The van der Waals surface area contributed by atoms with Gasteiger partial charge in [-0.3, -0.25) is 0 Å².